The van der Waals surface area contributed by atoms with Crippen molar-refractivity contribution < 1.29 is 4.79 Å². The number of carbonyl (C=O) groups is 1. The van der Waals surface area contributed by atoms with E-state index >= 15 is 0 Å². The molecule has 0 spiro atoms. The van der Waals surface area contributed by atoms with E-state index in [4.69, 9.17) is 0 Å². The first-order valence-corrected chi connectivity index (χ1v) is 6.07. The maximum Gasteiger partial charge on any atom is 0.242 e. The molecule has 15 heavy (non-hydrogen) atoms. The monoisotopic (exact) mass is 210 g/mol. The zero-order valence-corrected chi connectivity index (χ0v) is 10.0. The second kappa shape index (κ2) is 3.78. The van der Waals surface area contributed by atoms with Crippen molar-refractivity contribution in [3.63, 3.8) is 0 Å². The molecule has 0 aromatic heterocycles. The number of nitrogens with zero attached hydrogens (tertiary/aromatic N) is 1. The summed E-state index contributed by atoms with van der Waals surface area (Å²) in [6.45, 7) is 5.19. The Hall–Kier alpha value is -0.570. The number of hydrogen-bond donors (Lipinski definition) is 1. The van der Waals surface area contributed by atoms with Gasteiger partial charge in [0, 0.05) is 13.1 Å². The fraction of sp³-hybridized carbons (Fsp3) is 0.917. The van der Waals surface area contributed by atoms with Crippen molar-refractivity contribution >= 4 is 5.91 Å². The van der Waals surface area contributed by atoms with E-state index in [1.165, 1.54) is 12.8 Å². The molecule has 2 aliphatic rings. The predicted molar refractivity (Wildman–Crippen MR) is 60.6 cm³/mol. The summed E-state index contributed by atoms with van der Waals surface area (Å²) in [5.41, 5.74) is -0.294. The number of carbonyl (C=O) groups excluding carboxylic acids is 1. The fourth-order valence-electron chi connectivity index (χ4n) is 2.55. The first-order valence-electron chi connectivity index (χ1n) is 6.07. The van der Waals surface area contributed by atoms with Crippen LogP contribution in [-0.2, 0) is 4.79 Å². The Morgan fingerprint density at radius 3 is 2.67 bits per heavy atom. The molecule has 1 N–H and O–H groups in total. The molecule has 1 aliphatic heterocycles. The molecule has 0 aromatic carbocycles. The Bertz CT molecular complexity index is 254. The molecule has 2 rings (SSSR count). The van der Waals surface area contributed by atoms with Gasteiger partial charge in [0.25, 0.3) is 0 Å². The van der Waals surface area contributed by atoms with Crippen molar-refractivity contribution in [1.82, 2.24) is 10.2 Å². The fourth-order valence-corrected chi connectivity index (χ4v) is 2.55. The van der Waals surface area contributed by atoms with Crippen LogP contribution in [0, 0.1) is 5.92 Å². The third-order valence-corrected chi connectivity index (χ3v) is 4.08. The zero-order chi connectivity index (χ0) is 11.1. The smallest absolute Gasteiger partial charge is 0.242 e. The Kier molecular flexibility index (Phi) is 2.75. The second-order valence-corrected chi connectivity index (χ2v) is 5.36. The minimum atomic E-state index is -0.294. The highest BCUT2D eigenvalue weighted by molar-refractivity contribution is 5.86. The minimum Gasteiger partial charge on any atom is -0.341 e. The summed E-state index contributed by atoms with van der Waals surface area (Å²) in [7, 11) is 1.95. The lowest BCUT2D eigenvalue weighted by atomic mass is 9.97. The summed E-state index contributed by atoms with van der Waals surface area (Å²) in [5, 5.41) is 3.34. The van der Waals surface area contributed by atoms with Crippen LogP contribution in [0.15, 0.2) is 0 Å². The van der Waals surface area contributed by atoms with Crippen LogP contribution in [0.2, 0.25) is 0 Å². The van der Waals surface area contributed by atoms with Crippen LogP contribution in [0.1, 0.15) is 39.5 Å². The highest BCUT2D eigenvalue weighted by atomic mass is 16.2. The van der Waals surface area contributed by atoms with Crippen molar-refractivity contribution in [3.8, 4) is 0 Å². The van der Waals surface area contributed by atoms with Crippen LogP contribution in [0.5, 0.6) is 0 Å². The standard InChI is InChI=1S/C12H22N2O/c1-9(10-5-6-10)14(3)11(15)12(2)7-4-8-13-12/h9-10,13H,4-8H2,1-3H3. The number of nitrogens with one attached hydrogen (secondary N) is 1. The topological polar surface area (TPSA) is 32.3 Å². The van der Waals surface area contributed by atoms with Gasteiger partial charge in [0.05, 0.1) is 5.54 Å². The van der Waals surface area contributed by atoms with Crippen molar-refractivity contribution in [2.45, 2.75) is 51.1 Å². The van der Waals surface area contributed by atoms with Crippen molar-refractivity contribution in [3.05, 3.63) is 0 Å². The van der Waals surface area contributed by atoms with E-state index in [9.17, 15) is 4.79 Å². The molecule has 86 valence electrons. The summed E-state index contributed by atoms with van der Waals surface area (Å²) in [6, 6.07) is 0.414. The van der Waals surface area contributed by atoms with E-state index in [0.29, 0.717) is 6.04 Å². The van der Waals surface area contributed by atoms with Gasteiger partial charge in [-0.25, -0.2) is 0 Å². The van der Waals surface area contributed by atoms with Crippen LogP contribution in [0.4, 0.5) is 0 Å². The molecular formula is C12H22N2O. The summed E-state index contributed by atoms with van der Waals surface area (Å²) < 4.78 is 0. The number of amides is 1. The molecule has 1 saturated carbocycles. The van der Waals surface area contributed by atoms with Gasteiger partial charge in [0.2, 0.25) is 5.91 Å². The van der Waals surface area contributed by atoms with E-state index in [0.717, 1.165) is 25.3 Å². The highest BCUT2D eigenvalue weighted by Crippen LogP contribution is 2.35. The molecule has 0 bridgehead atoms. The first kappa shape index (κ1) is 10.9. The summed E-state index contributed by atoms with van der Waals surface area (Å²) >= 11 is 0. The highest BCUT2D eigenvalue weighted by Gasteiger charge is 2.41. The summed E-state index contributed by atoms with van der Waals surface area (Å²) in [6.07, 6.45) is 4.69. The average Bonchev–Trinajstić information content (AvgIpc) is 2.98. The molecule has 2 atom stereocenters. The van der Waals surface area contributed by atoms with Gasteiger partial charge in [0.15, 0.2) is 0 Å². The summed E-state index contributed by atoms with van der Waals surface area (Å²) in [5.74, 6) is 1.03. The third-order valence-electron chi connectivity index (χ3n) is 4.08. The van der Waals surface area contributed by atoms with Crippen LogP contribution in [0.25, 0.3) is 0 Å². The first-order chi connectivity index (χ1) is 7.04. The molecule has 1 amide bonds. The predicted octanol–water partition coefficient (Wildman–Crippen LogP) is 1.39. The van der Waals surface area contributed by atoms with Gasteiger partial charge in [-0.2, -0.15) is 0 Å². The average molecular weight is 210 g/mol. The van der Waals surface area contributed by atoms with Gasteiger partial charge in [0.1, 0.15) is 0 Å². The van der Waals surface area contributed by atoms with E-state index in [2.05, 4.69) is 12.2 Å². The molecule has 2 fully saturated rings. The quantitative estimate of drug-likeness (QED) is 0.763. The third kappa shape index (κ3) is 2.03. The lowest BCUT2D eigenvalue weighted by Gasteiger charge is -2.33. The Morgan fingerprint density at radius 2 is 2.20 bits per heavy atom. The Labute approximate surface area is 92.2 Å². The normalized spacial score (nSPS) is 32.7. The van der Waals surface area contributed by atoms with Crippen LogP contribution in [0.3, 0.4) is 0 Å². The SMILES string of the molecule is CC(C1CC1)N(C)C(=O)C1(C)CCCN1. The minimum absolute atomic E-state index is 0.277. The van der Waals surface area contributed by atoms with Crippen LogP contribution >= 0.6 is 0 Å². The largest absolute Gasteiger partial charge is 0.341 e. The van der Waals surface area contributed by atoms with Crippen LogP contribution < -0.4 is 5.32 Å². The molecule has 3 nitrogen and oxygen atoms in total. The summed E-state index contributed by atoms with van der Waals surface area (Å²) in [4.78, 5) is 14.3. The van der Waals surface area contributed by atoms with Crippen LogP contribution in [-0.4, -0.2) is 36.0 Å². The molecule has 3 heteroatoms. The van der Waals surface area contributed by atoms with Gasteiger partial charge < -0.3 is 10.2 Å². The lowest BCUT2D eigenvalue weighted by Crippen LogP contribution is -2.54. The lowest BCUT2D eigenvalue weighted by molar-refractivity contribution is -0.138. The molecule has 0 aromatic rings. The van der Waals surface area contributed by atoms with E-state index < -0.39 is 0 Å². The van der Waals surface area contributed by atoms with Crippen molar-refractivity contribution in [2.75, 3.05) is 13.6 Å². The van der Waals surface area contributed by atoms with E-state index in [1.54, 1.807) is 0 Å². The van der Waals surface area contributed by atoms with E-state index in [-0.39, 0.29) is 11.4 Å². The van der Waals surface area contributed by atoms with Gasteiger partial charge >= 0.3 is 0 Å². The van der Waals surface area contributed by atoms with Crippen molar-refractivity contribution in [2.24, 2.45) is 5.92 Å². The maximum atomic E-state index is 12.3. The molecule has 1 heterocycles. The zero-order valence-electron chi connectivity index (χ0n) is 10.0. The Balaban J connectivity index is 1.99. The molecular weight excluding hydrogens is 188 g/mol. The maximum absolute atomic E-state index is 12.3. The van der Waals surface area contributed by atoms with E-state index in [1.807, 2.05) is 18.9 Å². The molecule has 0 radical (unpaired) electrons. The number of likely N-dealkylation sites (N-methyl/N-ethyl adjacent to an activating group) is 1. The molecule has 2 unspecified atom stereocenters. The second-order valence-electron chi connectivity index (χ2n) is 5.36. The van der Waals surface area contributed by atoms with Gasteiger partial charge in [-0.05, 0) is 52.0 Å². The van der Waals surface area contributed by atoms with Gasteiger partial charge in [-0.3, -0.25) is 4.79 Å². The molecule has 1 aliphatic carbocycles. The molecule has 1 saturated heterocycles. The van der Waals surface area contributed by atoms with Gasteiger partial charge in [-0.1, -0.05) is 0 Å². The number of rotatable bonds is 3. The number of hydrogen-bond acceptors (Lipinski definition) is 2. The Morgan fingerprint density at radius 1 is 1.53 bits per heavy atom. The van der Waals surface area contributed by atoms with Crippen molar-refractivity contribution in [1.29, 1.82) is 0 Å². The van der Waals surface area contributed by atoms with Gasteiger partial charge in [-0.15, -0.1) is 0 Å².